The zero-order valence-electron chi connectivity index (χ0n) is 8.95. The minimum absolute atomic E-state index is 0. The average molecular weight is 223 g/mol. The molecule has 4 nitrogen and oxygen atoms in total. The third kappa shape index (κ3) is 3.35. The molecule has 0 aromatic rings. The van der Waals surface area contributed by atoms with Crippen molar-refractivity contribution < 1.29 is 9.53 Å². The van der Waals surface area contributed by atoms with Crippen LogP contribution in [-0.2, 0) is 4.74 Å². The lowest BCUT2D eigenvalue weighted by Crippen LogP contribution is -2.55. The molecule has 0 radical (unpaired) electrons. The van der Waals surface area contributed by atoms with Crippen LogP contribution in [0.3, 0.4) is 0 Å². The Bertz CT molecular complexity index is 201. The second-order valence-corrected chi connectivity index (χ2v) is 4.35. The van der Waals surface area contributed by atoms with Gasteiger partial charge in [0.1, 0.15) is 5.60 Å². The number of nitrogens with zero attached hydrogens (tertiary/aromatic N) is 1. The molecule has 2 N–H and O–H groups in total. The standard InChI is InChI=1S/C9H18N2O2.ClH/c1-9(2,3)13-8(12)11-5-4-7(11)6-10;/h7H,4-6,10H2,1-3H3;1H/t7-;/m1./s1. The lowest BCUT2D eigenvalue weighted by Gasteiger charge is -2.40. The van der Waals surface area contributed by atoms with Crippen molar-refractivity contribution in [3.63, 3.8) is 0 Å². The fourth-order valence-electron chi connectivity index (χ4n) is 1.25. The van der Waals surface area contributed by atoms with Crippen molar-refractivity contribution in [2.24, 2.45) is 5.73 Å². The van der Waals surface area contributed by atoms with Gasteiger partial charge in [-0.15, -0.1) is 12.4 Å². The highest BCUT2D eigenvalue weighted by Crippen LogP contribution is 2.19. The molecular formula is C9H19ClN2O2. The van der Waals surface area contributed by atoms with Gasteiger partial charge in [0.05, 0.1) is 0 Å². The van der Waals surface area contributed by atoms with Crippen molar-refractivity contribution in [3.8, 4) is 0 Å². The summed E-state index contributed by atoms with van der Waals surface area (Å²) >= 11 is 0. The fourth-order valence-corrected chi connectivity index (χ4v) is 1.25. The number of halogens is 1. The Balaban J connectivity index is 0.00000169. The first-order valence-corrected chi connectivity index (χ1v) is 4.64. The zero-order valence-corrected chi connectivity index (χ0v) is 9.76. The van der Waals surface area contributed by atoms with Crippen molar-refractivity contribution in [2.45, 2.75) is 38.8 Å². The van der Waals surface area contributed by atoms with Crippen LogP contribution in [0, 0.1) is 0 Å². The van der Waals surface area contributed by atoms with E-state index in [1.54, 1.807) is 4.90 Å². The molecule has 1 rings (SSSR count). The van der Waals surface area contributed by atoms with Gasteiger partial charge < -0.3 is 15.4 Å². The molecular weight excluding hydrogens is 204 g/mol. The second-order valence-electron chi connectivity index (χ2n) is 4.35. The third-order valence-corrected chi connectivity index (χ3v) is 2.04. The molecule has 0 aromatic carbocycles. The van der Waals surface area contributed by atoms with Gasteiger partial charge in [-0.2, -0.15) is 0 Å². The van der Waals surface area contributed by atoms with E-state index < -0.39 is 5.60 Å². The van der Waals surface area contributed by atoms with Crippen LogP contribution in [0.2, 0.25) is 0 Å². The SMILES string of the molecule is CC(C)(C)OC(=O)N1CC[C@@H]1CN.Cl. The molecule has 1 heterocycles. The highest BCUT2D eigenvalue weighted by atomic mass is 35.5. The van der Waals surface area contributed by atoms with Gasteiger partial charge in [0, 0.05) is 19.1 Å². The summed E-state index contributed by atoms with van der Waals surface area (Å²) in [7, 11) is 0. The summed E-state index contributed by atoms with van der Waals surface area (Å²) in [5, 5.41) is 0. The number of nitrogens with two attached hydrogens (primary N) is 1. The Morgan fingerprint density at radius 2 is 2.14 bits per heavy atom. The van der Waals surface area contributed by atoms with Crippen molar-refractivity contribution in [3.05, 3.63) is 0 Å². The average Bonchev–Trinajstić information content (AvgIpc) is 1.80. The van der Waals surface area contributed by atoms with Crippen LogP contribution in [0.4, 0.5) is 4.79 Å². The largest absolute Gasteiger partial charge is 0.444 e. The summed E-state index contributed by atoms with van der Waals surface area (Å²) in [6, 6.07) is 0.190. The Morgan fingerprint density at radius 1 is 1.57 bits per heavy atom. The van der Waals surface area contributed by atoms with Gasteiger partial charge in [0.15, 0.2) is 0 Å². The smallest absolute Gasteiger partial charge is 0.410 e. The number of amides is 1. The monoisotopic (exact) mass is 222 g/mol. The first kappa shape index (κ1) is 13.5. The Morgan fingerprint density at radius 3 is 2.43 bits per heavy atom. The molecule has 0 spiro atoms. The van der Waals surface area contributed by atoms with E-state index in [4.69, 9.17) is 10.5 Å². The molecule has 0 unspecified atom stereocenters. The van der Waals surface area contributed by atoms with Crippen LogP contribution >= 0.6 is 12.4 Å². The van der Waals surface area contributed by atoms with E-state index in [0.29, 0.717) is 6.54 Å². The van der Waals surface area contributed by atoms with Gasteiger partial charge in [0.2, 0.25) is 0 Å². The van der Waals surface area contributed by atoms with Crippen molar-refractivity contribution in [1.82, 2.24) is 4.90 Å². The number of hydrogen-bond acceptors (Lipinski definition) is 3. The molecule has 1 atom stereocenters. The van der Waals surface area contributed by atoms with Gasteiger partial charge in [-0.05, 0) is 27.2 Å². The summed E-state index contributed by atoms with van der Waals surface area (Å²) in [4.78, 5) is 13.1. The van der Waals surface area contributed by atoms with Gasteiger partial charge >= 0.3 is 6.09 Å². The van der Waals surface area contributed by atoms with Crippen molar-refractivity contribution in [1.29, 1.82) is 0 Å². The Kier molecular flexibility index (Phi) is 4.68. The molecule has 14 heavy (non-hydrogen) atoms. The van der Waals surface area contributed by atoms with E-state index in [9.17, 15) is 4.79 Å². The molecule has 5 heteroatoms. The molecule has 0 saturated carbocycles. The molecule has 1 saturated heterocycles. The van der Waals surface area contributed by atoms with E-state index >= 15 is 0 Å². The summed E-state index contributed by atoms with van der Waals surface area (Å²) in [6.07, 6.45) is 0.754. The molecule has 1 amide bonds. The first-order chi connectivity index (χ1) is 5.94. The number of likely N-dealkylation sites (tertiary alicyclic amines) is 1. The number of rotatable bonds is 1. The van der Waals surface area contributed by atoms with Gasteiger partial charge in [0.25, 0.3) is 0 Å². The molecule has 0 aliphatic carbocycles. The number of carbonyl (C=O) groups is 1. The van der Waals surface area contributed by atoms with Crippen LogP contribution in [-0.4, -0.2) is 35.7 Å². The molecule has 84 valence electrons. The number of carbonyl (C=O) groups excluding carboxylic acids is 1. The zero-order chi connectivity index (χ0) is 10.1. The van der Waals surface area contributed by atoms with E-state index in [2.05, 4.69) is 0 Å². The van der Waals surface area contributed by atoms with Gasteiger partial charge in [-0.25, -0.2) is 4.79 Å². The van der Waals surface area contributed by atoms with Crippen LogP contribution in [0.5, 0.6) is 0 Å². The van der Waals surface area contributed by atoms with E-state index in [1.165, 1.54) is 0 Å². The fraction of sp³-hybridized carbons (Fsp3) is 0.889. The Labute approximate surface area is 91.2 Å². The molecule has 1 aliphatic heterocycles. The summed E-state index contributed by atoms with van der Waals surface area (Å²) in [6.45, 7) is 6.89. The molecule has 1 aliphatic rings. The molecule has 1 fully saturated rings. The predicted molar refractivity (Wildman–Crippen MR) is 57.6 cm³/mol. The lowest BCUT2D eigenvalue weighted by molar-refractivity contribution is -0.00346. The van der Waals surface area contributed by atoms with E-state index in [1.807, 2.05) is 20.8 Å². The maximum Gasteiger partial charge on any atom is 0.410 e. The Hall–Kier alpha value is -0.480. The van der Waals surface area contributed by atoms with Crippen LogP contribution in [0.25, 0.3) is 0 Å². The predicted octanol–water partition coefficient (Wildman–Crippen LogP) is 1.38. The molecule has 0 bridgehead atoms. The quantitative estimate of drug-likeness (QED) is 0.729. The molecule has 0 aromatic heterocycles. The summed E-state index contributed by atoms with van der Waals surface area (Å²) < 4.78 is 5.21. The first-order valence-electron chi connectivity index (χ1n) is 4.64. The van der Waals surface area contributed by atoms with Crippen LogP contribution < -0.4 is 5.73 Å². The van der Waals surface area contributed by atoms with Gasteiger partial charge in [-0.1, -0.05) is 0 Å². The highest BCUT2D eigenvalue weighted by molar-refractivity contribution is 5.85. The minimum atomic E-state index is -0.411. The topological polar surface area (TPSA) is 55.6 Å². The third-order valence-electron chi connectivity index (χ3n) is 2.04. The number of ether oxygens (including phenoxy) is 1. The number of hydrogen-bond donors (Lipinski definition) is 1. The lowest BCUT2D eigenvalue weighted by atomic mass is 10.0. The van der Waals surface area contributed by atoms with Crippen LogP contribution in [0.1, 0.15) is 27.2 Å². The van der Waals surface area contributed by atoms with E-state index in [-0.39, 0.29) is 24.5 Å². The second kappa shape index (κ2) is 4.84. The highest BCUT2D eigenvalue weighted by Gasteiger charge is 2.33. The summed E-state index contributed by atoms with van der Waals surface area (Å²) in [5.74, 6) is 0. The van der Waals surface area contributed by atoms with Crippen molar-refractivity contribution >= 4 is 18.5 Å². The maximum atomic E-state index is 11.5. The van der Waals surface area contributed by atoms with Gasteiger partial charge in [-0.3, -0.25) is 0 Å². The minimum Gasteiger partial charge on any atom is -0.444 e. The van der Waals surface area contributed by atoms with Crippen molar-refractivity contribution in [2.75, 3.05) is 13.1 Å². The van der Waals surface area contributed by atoms with E-state index in [0.717, 1.165) is 13.0 Å². The normalized spacial score (nSPS) is 20.9. The summed E-state index contributed by atoms with van der Waals surface area (Å²) in [5.41, 5.74) is 5.07. The van der Waals surface area contributed by atoms with Crippen LogP contribution in [0.15, 0.2) is 0 Å². The maximum absolute atomic E-state index is 11.5.